The van der Waals surface area contributed by atoms with Crippen molar-refractivity contribution in [2.75, 3.05) is 6.26 Å². The van der Waals surface area contributed by atoms with Crippen LogP contribution in [0.4, 0.5) is 0 Å². The number of carbonyl (C=O) groups is 1. The monoisotopic (exact) mass is 177 g/mol. The fourth-order valence-electron chi connectivity index (χ4n) is 0.221. The summed E-state index contributed by atoms with van der Waals surface area (Å²) < 4.78 is -0.897. The van der Waals surface area contributed by atoms with Crippen LogP contribution < -0.4 is 0 Å². The second kappa shape index (κ2) is 3.75. The summed E-state index contributed by atoms with van der Waals surface area (Å²) in [7, 11) is 0. The van der Waals surface area contributed by atoms with Gasteiger partial charge in [-0.15, -0.1) is 11.8 Å². The Morgan fingerprint density at radius 3 is 2.70 bits per heavy atom. The Labute approximate surface area is 68.4 Å². The Hall–Kier alpha value is -0.320. The van der Waals surface area contributed by atoms with Crippen LogP contribution in [0.1, 0.15) is 6.92 Å². The summed E-state index contributed by atoms with van der Waals surface area (Å²) in [5, 5.41) is 2.91. The highest BCUT2D eigenvalue weighted by atomic mass is 32.2. The van der Waals surface area contributed by atoms with Gasteiger partial charge >= 0.3 is 0 Å². The normalized spacial score (nSPS) is 15.1. The highest BCUT2D eigenvalue weighted by Crippen LogP contribution is 2.27. The Bertz CT molecular complexity index is 185. The maximum Gasteiger partial charge on any atom is 0.244 e. The highest BCUT2D eigenvalue weighted by molar-refractivity contribution is 8.12. The third-order valence-corrected chi connectivity index (χ3v) is 2.64. The lowest BCUT2D eigenvalue weighted by Gasteiger charge is -2.14. The van der Waals surface area contributed by atoms with Gasteiger partial charge in [0, 0.05) is 4.91 Å². The number of hydrogen-bond donors (Lipinski definition) is 1. The maximum absolute atomic E-state index is 10.8. The van der Waals surface area contributed by atoms with Gasteiger partial charge in [0.1, 0.15) is 4.08 Å². The predicted octanol–water partition coefficient (Wildman–Crippen LogP) is 1.83. The van der Waals surface area contributed by atoms with E-state index in [1.54, 1.807) is 13.2 Å². The molecular weight excluding hydrogens is 170 g/mol. The van der Waals surface area contributed by atoms with E-state index in [2.05, 4.69) is 22.7 Å². The summed E-state index contributed by atoms with van der Waals surface area (Å²) in [6.07, 6.45) is 1.72. The molecule has 0 saturated carbocycles. The van der Waals surface area contributed by atoms with Crippen LogP contribution in [0.25, 0.3) is 10.4 Å². The minimum absolute atomic E-state index is 0.564. The Morgan fingerprint density at radius 1 is 1.90 bits per heavy atom. The summed E-state index contributed by atoms with van der Waals surface area (Å²) in [5.41, 5.74) is 7.89. The smallest absolute Gasteiger partial charge is 0.244 e. The zero-order valence-electron chi connectivity index (χ0n) is 5.61. The van der Waals surface area contributed by atoms with Crippen LogP contribution in [-0.2, 0) is 4.79 Å². The first-order valence-corrected chi connectivity index (χ1v) is 4.09. The fourth-order valence-corrected chi connectivity index (χ4v) is 0.481. The Kier molecular flexibility index (Phi) is 3.63. The number of thioether (sulfide) groups is 1. The molecule has 1 unspecified atom stereocenters. The average molecular weight is 177 g/mol. The van der Waals surface area contributed by atoms with E-state index in [1.807, 2.05) is 0 Å². The molecule has 0 aliphatic carbocycles. The first kappa shape index (κ1) is 9.68. The first-order valence-electron chi connectivity index (χ1n) is 2.41. The van der Waals surface area contributed by atoms with Crippen molar-refractivity contribution in [3.8, 4) is 0 Å². The van der Waals surface area contributed by atoms with Crippen molar-refractivity contribution >= 4 is 30.3 Å². The molecule has 0 aromatic heterocycles. The molecule has 0 aromatic carbocycles. The predicted molar refractivity (Wildman–Crippen MR) is 45.1 cm³/mol. The van der Waals surface area contributed by atoms with E-state index in [0.29, 0.717) is 0 Å². The van der Waals surface area contributed by atoms with Crippen molar-refractivity contribution in [3.63, 3.8) is 0 Å². The molecule has 10 heavy (non-hydrogen) atoms. The molecule has 0 aliphatic rings. The molecule has 1 atom stereocenters. The zero-order chi connectivity index (χ0) is 8.20. The lowest BCUT2D eigenvalue weighted by molar-refractivity contribution is -0.117. The van der Waals surface area contributed by atoms with Crippen molar-refractivity contribution in [1.29, 1.82) is 0 Å². The van der Waals surface area contributed by atoms with Gasteiger partial charge < -0.3 is 0 Å². The molecule has 0 heterocycles. The van der Waals surface area contributed by atoms with Gasteiger partial charge in [-0.3, -0.25) is 4.79 Å². The van der Waals surface area contributed by atoms with Crippen molar-refractivity contribution in [2.45, 2.75) is 11.0 Å². The molecule has 4 nitrogen and oxygen atoms in total. The topological polar surface area (TPSA) is 65.8 Å². The fraction of sp³-hybridized carbons (Fsp3) is 0.750. The van der Waals surface area contributed by atoms with Crippen LogP contribution in [0.5, 0.6) is 0 Å². The van der Waals surface area contributed by atoms with E-state index in [-0.39, 0.29) is 0 Å². The molecule has 0 aliphatic heterocycles. The van der Waals surface area contributed by atoms with Crippen LogP contribution in [0.2, 0.25) is 0 Å². The van der Waals surface area contributed by atoms with Crippen LogP contribution >= 0.6 is 24.4 Å². The quantitative estimate of drug-likeness (QED) is 0.230. The average Bonchev–Trinajstić information content (AvgIpc) is 1.89. The minimum atomic E-state index is -0.897. The van der Waals surface area contributed by atoms with Gasteiger partial charge in [0.25, 0.3) is 0 Å². The largest absolute Gasteiger partial charge is 0.290 e. The standard InChI is InChI=1S/C4H7N3OS2/c1-4(9,10-2)3(8)6-7-5/h9H,1-2H3. The molecule has 1 amide bonds. The molecule has 0 saturated heterocycles. The van der Waals surface area contributed by atoms with E-state index >= 15 is 0 Å². The third kappa shape index (κ3) is 2.51. The van der Waals surface area contributed by atoms with Crippen molar-refractivity contribution in [3.05, 3.63) is 10.4 Å². The molecule has 0 fully saturated rings. The number of carbonyl (C=O) groups excluding carboxylic acids is 1. The summed E-state index contributed by atoms with van der Waals surface area (Å²) in [6, 6.07) is 0. The van der Waals surface area contributed by atoms with Gasteiger partial charge in [0.15, 0.2) is 0 Å². The molecule has 6 heteroatoms. The van der Waals surface area contributed by atoms with Crippen molar-refractivity contribution < 1.29 is 4.79 Å². The van der Waals surface area contributed by atoms with Gasteiger partial charge in [-0.2, -0.15) is 12.6 Å². The Balaban J connectivity index is 4.32. The first-order chi connectivity index (χ1) is 4.54. The van der Waals surface area contributed by atoms with Gasteiger partial charge in [0.05, 0.1) is 0 Å². The number of nitrogens with zero attached hydrogens (tertiary/aromatic N) is 3. The summed E-state index contributed by atoms with van der Waals surface area (Å²) >= 11 is 5.19. The minimum Gasteiger partial charge on any atom is -0.290 e. The van der Waals surface area contributed by atoms with Gasteiger partial charge in [-0.25, -0.2) is 0 Å². The third-order valence-electron chi connectivity index (χ3n) is 0.930. The van der Waals surface area contributed by atoms with E-state index in [4.69, 9.17) is 5.53 Å². The Morgan fingerprint density at radius 2 is 2.40 bits per heavy atom. The summed E-state index contributed by atoms with van der Waals surface area (Å²) in [4.78, 5) is 13.1. The van der Waals surface area contributed by atoms with Crippen molar-refractivity contribution in [2.24, 2.45) is 5.11 Å². The van der Waals surface area contributed by atoms with E-state index in [1.165, 1.54) is 11.8 Å². The van der Waals surface area contributed by atoms with Crippen LogP contribution in [0.15, 0.2) is 5.11 Å². The lowest BCUT2D eigenvalue weighted by Crippen LogP contribution is -2.21. The van der Waals surface area contributed by atoms with Gasteiger partial charge in [0.2, 0.25) is 5.91 Å². The summed E-state index contributed by atoms with van der Waals surface area (Å²) in [5.74, 6) is -0.564. The zero-order valence-corrected chi connectivity index (χ0v) is 7.32. The van der Waals surface area contributed by atoms with E-state index in [0.717, 1.165) is 0 Å². The maximum atomic E-state index is 10.8. The molecule has 0 bridgehead atoms. The number of hydrogen-bond acceptors (Lipinski definition) is 3. The second-order valence-electron chi connectivity index (χ2n) is 1.68. The van der Waals surface area contributed by atoms with Gasteiger partial charge in [-0.05, 0) is 23.8 Å². The number of amides is 1. The summed E-state index contributed by atoms with van der Waals surface area (Å²) in [6.45, 7) is 1.58. The van der Waals surface area contributed by atoms with Crippen LogP contribution in [0, 0.1) is 0 Å². The molecular formula is C4H7N3OS2. The molecule has 0 radical (unpaired) electrons. The molecule has 0 spiro atoms. The number of azide groups is 1. The van der Waals surface area contributed by atoms with Crippen molar-refractivity contribution in [1.82, 2.24) is 0 Å². The second-order valence-corrected chi connectivity index (χ2v) is 4.10. The SMILES string of the molecule is CSC(C)(S)C(=O)N=[N+]=[N-]. The molecule has 0 aromatic rings. The highest BCUT2D eigenvalue weighted by Gasteiger charge is 2.25. The van der Waals surface area contributed by atoms with Crippen LogP contribution in [-0.4, -0.2) is 16.2 Å². The number of rotatable bonds is 2. The van der Waals surface area contributed by atoms with E-state index < -0.39 is 9.99 Å². The van der Waals surface area contributed by atoms with Crippen LogP contribution in [0.3, 0.4) is 0 Å². The molecule has 56 valence electrons. The number of thiol groups is 1. The van der Waals surface area contributed by atoms with Gasteiger partial charge in [-0.1, -0.05) is 0 Å². The molecule has 0 rings (SSSR count). The van der Waals surface area contributed by atoms with E-state index in [9.17, 15) is 4.79 Å². The lowest BCUT2D eigenvalue weighted by atomic mass is 10.4. The molecule has 0 N–H and O–H groups in total.